The van der Waals surface area contributed by atoms with Crippen molar-refractivity contribution in [2.75, 3.05) is 4.90 Å². The number of carbonyl (C=O) groups excluding carboxylic acids is 1. The maximum Gasteiger partial charge on any atom is 0.573 e. The van der Waals surface area contributed by atoms with Gasteiger partial charge in [0.1, 0.15) is 17.2 Å². The van der Waals surface area contributed by atoms with Crippen LogP contribution >= 0.6 is 0 Å². The number of ether oxygens (including phenoxy) is 2. The molecule has 1 amide bonds. The Morgan fingerprint density at radius 2 is 1.26 bits per heavy atom. The third-order valence-electron chi connectivity index (χ3n) is 5.03. The first-order valence-electron chi connectivity index (χ1n) is 10.2. The Kier molecular flexibility index (Phi) is 6.42. The normalized spacial score (nSPS) is 17.7. The third kappa shape index (κ3) is 6.11. The summed E-state index contributed by atoms with van der Waals surface area (Å²) < 4.78 is 82.3. The number of aliphatic imine (C=N–C) groups is 1. The molecule has 1 aliphatic heterocycles. The van der Waals surface area contributed by atoms with Crippen LogP contribution in [0, 0.1) is 0 Å². The van der Waals surface area contributed by atoms with Crippen molar-refractivity contribution in [1.29, 1.82) is 0 Å². The molecule has 0 radical (unpaired) electrons. The summed E-state index contributed by atoms with van der Waals surface area (Å²) >= 11 is 0. The van der Waals surface area contributed by atoms with E-state index in [1.165, 1.54) is 29.2 Å². The first-order chi connectivity index (χ1) is 16.5. The molecule has 5 nitrogen and oxygen atoms in total. The molecule has 0 aromatic heterocycles. The molecule has 0 aliphatic carbocycles. The average Bonchev–Trinajstić information content (AvgIpc) is 3.10. The molecule has 0 saturated carbocycles. The summed E-state index contributed by atoms with van der Waals surface area (Å²) in [4.78, 5) is 19.0. The van der Waals surface area contributed by atoms with E-state index < -0.39 is 36.2 Å². The van der Waals surface area contributed by atoms with Crippen molar-refractivity contribution < 1.29 is 40.6 Å². The smallest absolute Gasteiger partial charge is 0.406 e. The molecular weight excluding hydrogens is 478 g/mol. The Morgan fingerprint density at radius 3 is 1.77 bits per heavy atom. The number of hydrogen-bond acceptors (Lipinski definition) is 4. The predicted octanol–water partition coefficient (Wildman–Crippen LogP) is 6.73. The molecule has 3 aromatic carbocycles. The minimum absolute atomic E-state index is 0.138. The summed E-state index contributed by atoms with van der Waals surface area (Å²) in [6.45, 7) is 0. The van der Waals surface area contributed by atoms with Crippen molar-refractivity contribution in [3.05, 3.63) is 84.4 Å². The number of benzene rings is 3. The molecule has 11 heteroatoms. The summed E-state index contributed by atoms with van der Waals surface area (Å²) in [5.41, 5.74) is 1.48. The van der Waals surface area contributed by atoms with Crippen LogP contribution in [0.5, 0.6) is 11.5 Å². The number of nitrogens with zero attached hydrogens (tertiary/aromatic N) is 2. The minimum atomic E-state index is -4.85. The van der Waals surface area contributed by atoms with Gasteiger partial charge in [-0.15, -0.1) is 26.3 Å². The van der Waals surface area contributed by atoms with Crippen LogP contribution in [-0.4, -0.2) is 24.3 Å². The summed E-state index contributed by atoms with van der Waals surface area (Å²) in [6.07, 6.45) is -9.51. The zero-order chi connectivity index (χ0) is 25.2. The lowest BCUT2D eigenvalue weighted by Crippen LogP contribution is -2.29. The van der Waals surface area contributed by atoms with Crippen molar-refractivity contribution in [1.82, 2.24) is 0 Å². The van der Waals surface area contributed by atoms with Gasteiger partial charge >= 0.3 is 12.7 Å². The summed E-state index contributed by atoms with van der Waals surface area (Å²) in [6, 6.07) is 18.1. The van der Waals surface area contributed by atoms with Crippen LogP contribution in [-0.2, 0) is 4.79 Å². The molecule has 0 bridgehead atoms. The zero-order valence-corrected chi connectivity index (χ0v) is 17.7. The van der Waals surface area contributed by atoms with E-state index in [2.05, 4.69) is 14.5 Å². The maximum atomic E-state index is 13.3. The molecule has 1 aliphatic rings. The maximum absolute atomic E-state index is 13.3. The van der Waals surface area contributed by atoms with Gasteiger partial charge < -0.3 is 9.47 Å². The zero-order valence-electron chi connectivity index (χ0n) is 17.7. The largest absolute Gasteiger partial charge is 0.573 e. The van der Waals surface area contributed by atoms with Crippen LogP contribution in [0.3, 0.4) is 0 Å². The van der Waals surface area contributed by atoms with Crippen molar-refractivity contribution in [2.24, 2.45) is 4.99 Å². The van der Waals surface area contributed by atoms with E-state index in [0.29, 0.717) is 5.69 Å². The van der Waals surface area contributed by atoms with Gasteiger partial charge in [0.15, 0.2) is 0 Å². The van der Waals surface area contributed by atoms with Gasteiger partial charge in [-0.3, -0.25) is 9.69 Å². The minimum Gasteiger partial charge on any atom is -0.406 e. The summed E-state index contributed by atoms with van der Waals surface area (Å²) in [5.74, 6) is -1.35. The Balaban J connectivity index is 1.63. The average molecular weight is 494 g/mol. The van der Waals surface area contributed by atoms with E-state index in [4.69, 9.17) is 0 Å². The molecule has 1 saturated heterocycles. The van der Waals surface area contributed by atoms with Crippen molar-refractivity contribution in [2.45, 2.75) is 25.2 Å². The third-order valence-corrected chi connectivity index (χ3v) is 5.03. The molecule has 3 aromatic rings. The highest BCUT2D eigenvalue weighted by molar-refractivity contribution is 6.46. The number of anilines is 1. The molecule has 1 fully saturated rings. The van der Waals surface area contributed by atoms with E-state index in [0.717, 1.165) is 29.8 Å². The van der Waals surface area contributed by atoms with E-state index in [-0.39, 0.29) is 17.8 Å². The highest BCUT2D eigenvalue weighted by atomic mass is 19.4. The molecule has 0 spiro atoms. The van der Waals surface area contributed by atoms with Gasteiger partial charge in [0.05, 0.1) is 11.7 Å². The lowest BCUT2D eigenvalue weighted by molar-refractivity contribution is -0.275. The lowest BCUT2D eigenvalue weighted by atomic mass is 10.0. The molecule has 1 unspecified atom stereocenters. The molecule has 35 heavy (non-hydrogen) atoms. The van der Waals surface area contributed by atoms with Crippen LogP contribution in [0.25, 0.3) is 0 Å². The highest BCUT2D eigenvalue weighted by Crippen LogP contribution is 2.38. The van der Waals surface area contributed by atoms with E-state index in [1.807, 2.05) is 0 Å². The molecule has 1 heterocycles. The Hall–Kier alpha value is -4.02. The molecular formula is C24H16F6N2O3. The van der Waals surface area contributed by atoms with Crippen molar-refractivity contribution >= 4 is 23.0 Å². The van der Waals surface area contributed by atoms with Gasteiger partial charge in [0.25, 0.3) is 5.91 Å². The second-order valence-electron chi connectivity index (χ2n) is 7.45. The number of hydrogen-bond donors (Lipinski definition) is 0. The first-order valence-corrected chi connectivity index (χ1v) is 10.2. The Morgan fingerprint density at radius 1 is 0.743 bits per heavy atom. The number of rotatable bonds is 5. The van der Waals surface area contributed by atoms with E-state index >= 15 is 0 Å². The summed E-state index contributed by atoms with van der Waals surface area (Å²) in [5, 5.41) is 0. The van der Waals surface area contributed by atoms with E-state index in [9.17, 15) is 31.1 Å². The SMILES string of the molecule is O=C1C(=Nc2ccc(OC(F)(F)F)cc2)CC(c2ccccc2)N1c1ccc(OC(F)(F)F)cc1. The van der Waals surface area contributed by atoms with Crippen LogP contribution in [0.2, 0.25) is 0 Å². The fraction of sp³-hybridized carbons (Fsp3) is 0.167. The summed E-state index contributed by atoms with van der Waals surface area (Å²) in [7, 11) is 0. The van der Waals surface area contributed by atoms with Gasteiger partial charge in [-0.25, -0.2) is 4.99 Å². The monoisotopic (exact) mass is 494 g/mol. The fourth-order valence-corrected chi connectivity index (χ4v) is 3.66. The number of alkyl halides is 6. The topological polar surface area (TPSA) is 51.1 Å². The van der Waals surface area contributed by atoms with Crippen LogP contribution in [0.1, 0.15) is 18.0 Å². The van der Waals surface area contributed by atoms with E-state index in [1.54, 1.807) is 30.3 Å². The molecule has 4 rings (SSSR count). The van der Waals surface area contributed by atoms with Crippen molar-refractivity contribution in [3.63, 3.8) is 0 Å². The van der Waals surface area contributed by atoms with Crippen LogP contribution < -0.4 is 14.4 Å². The molecule has 182 valence electrons. The van der Waals surface area contributed by atoms with Gasteiger partial charge in [-0.2, -0.15) is 0 Å². The first kappa shape index (κ1) is 24.1. The molecule has 1 atom stereocenters. The van der Waals surface area contributed by atoms with Gasteiger partial charge in [0.2, 0.25) is 0 Å². The highest BCUT2D eigenvalue weighted by Gasteiger charge is 2.39. The quantitative estimate of drug-likeness (QED) is 0.370. The molecule has 0 N–H and O–H groups in total. The number of carbonyl (C=O) groups is 1. The van der Waals surface area contributed by atoms with Gasteiger partial charge in [-0.05, 0) is 54.1 Å². The van der Waals surface area contributed by atoms with Crippen LogP contribution in [0.15, 0.2) is 83.9 Å². The number of halogens is 6. The van der Waals surface area contributed by atoms with Crippen molar-refractivity contribution in [3.8, 4) is 11.5 Å². The second kappa shape index (κ2) is 9.32. The van der Waals surface area contributed by atoms with Gasteiger partial charge in [-0.1, -0.05) is 30.3 Å². The predicted molar refractivity (Wildman–Crippen MR) is 115 cm³/mol. The lowest BCUT2D eigenvalue weighted by Gasteiger charge is -2.25. The Bertz CT molecular complexity index is 1210. The second-order valence-corrected chi connectivity index (χ2v) is 7.45. The number of amides is 1. The Labute approximate surface area is 195 Å². The standard InChI is InChI=1S/C24H16F6N2O3/c25-23(26,27)34-18-10-6-16(7-11-18)31-20-14-21(15-4-2-1-3-5-15)32(22(20)33)17-8-12-19(13-9-17)35-24(28,29)30/h1-13,21H,14H2. The van der Waals surface area contributed by atoms with Gasteiger partial charge in [0, 0.05) is 12.1 Å². The van der Waals surface area contributed by atoms with Crippen LogP contribution in [0.4, 0.5) is 37.7 Å². The fourth-order valence-electron chi connectivity index (χ4n) is 3.66.